The molecule has 0 saturated carbocycles. The molecule has 0 aromatic carbocycles. The van der Waals surface area contributed by atoms with Crippen LogP contribution >= 0.6 is 11.8 Å². The minimum atomic E-state index is -0.285. The van der Waals surface area contributed by atoms with Crippen molar-refractivity contribution in [3.63, 3.8) is 0 Å². The first-order valence-corrected chi connectivity index (χ1v) is 7.51. The minimum Gasteiger partial charge on any atom is -0.392 e. The predicted molar refractivity (Wildman–Crippen MR) is 74.4 cm³/mol. The molecular formula is C13H24N2OS. The molecule has 1 aromatic rings. The summed E-state index contributed by atoms with van der Waals surface area (Å²) in [7, 11) is 0. The molecule has 0 amide bonds. The molecule has 1 heterocycles. The summed E-state index contributed by atoms with van der Waals surface area (Å²) in [6.07, 6.45) is 6.44. The fourth-order valence-electron chi connectivity index (χ4n) is 1.64. The standard InChI is InChI=1S/C13H24N2OS/c1-4-7-15-8-6-14-13(15)9-12(16)10-17-11(3)5-2/h6,8,11-12,16H,4-5,7,9-10H2,1-3H3. The van der Waals surface area contributed by atoms with Crippen molar-refractivity contribution >= 4 is 11.8 Å². The van der Waals surface area contributed by atoms with Crippen LogP contribution in [0.15, 0.2) is 12.4 Å². The zero-order valence-electron chi connectivity index (χ0n) is 11.1. The summed E-state index contributed by atoms with van der Waals surface area (Å²) >= 11 is 1.84. The second-order valence-electron chi connectivity index (χ2n) is 4.45. The van der Waals surface area contributed by atoms with Crippen LogP contribution in [0, 0.1) is 0 Å². The molecular weight excluding hydrogens is 232 g/mol. The van der Waals surface area contributed by atoms with E-state index in [2.05, 4.69) is 30.3 Å². The number of hydrogen-bond donors (Lipinski definition) is 1. The van der Waals surface area contributed by atoms with Gasteiger partial charge in [-0.05, 0) is 12.8 Å². The van der Waals surface area contributed by atoms with Gasteiger partial charge in [0.1, 0.15) is 5.82 Å². The van der Waals surface area contributed by atoms with E-state index < -0.39 is 0 Å². The van der Waals surface area contributed by atoms with Crippen LogP contribution in [0.3, 0.4) is 0 Å². The molecule has 2 atom stereocenters. The zero-order valence-corrected chi connectivity index (χ0v) is 11.9. The number of nitrogens with zero attached hydrogens (tertiary/aromatic N) is 2. The van der Waals surface area contributed by atoms with E-state index in [-0.39, 0.29) is 6.10 Å². The summed E-state index contributed by atoms with van der Waals surface area (Å²) in [4.78, 5) is 4.32. The molecule has 98 valence electrons. The molecule has 0 radical (unpaired) electrons. The molecule has 1 N–H and O–H groups in total. The van der Waals surface area contributed by atoms with Crippen molar-refractivity contribution in [2.75, 3.05) is 5.75 Å². The van der Waals surface area contributed by atoms with Crippen LogP contribution in [0.1, 0.15) is 39.4 Å². The highest BCUT2D eigenvalue weighted by molar-refractivity contribution is 7.99. The van der Waals surface area contributed by atoms with E-state index in [0.717, 1.165) is 31.0 Å². The number of aryl methyl sites for hydroxylation is 1. The van der Waals surface area contributed by atoms with Crippen LogP contribution in [0.5, 0.6) is 0 Å². The van der Waals surface area contributed by atoms with Gasteiger partial charge in [-0.15, -0.1) is 0 Å². The summed E-state index contributed by atoms with van der Waals surface area (Å²) in [6.45, 7) is 7.52. The Morgan fingerprint density at radius 2 is 2.24 bits per heavy atom. The van der Waals surface area contributed by atoms with E-state index >= 15 is 0 Å². The first-order chi connectivity index (χ1) is 8.17. The Balaban J connectivity index is 2.39. The van der Waals surface area contributed by atoms with Crippen molar-refractivity contribution in [2.45, 2.75) is 57.9 Å². The van der Waals surface area contributed by atoms with Crippen LogP contribution in [0.25, 0.3) is 0 Å². The second kappa shape index (κ2) is 7.77. The molecule has 3 nitrogen and oxygen atoms in total. The number of hydrogen-bond acceptors (Lipinski definition) is 3. The van der Waals surface area contributed by atoms with Gasteiger partial charge in [-0.25, -0.2) is 4.98 Å². The zero-order chi connectivity index (χ0) is 12.7. The Kier molecular flexibility index (Phi) is 6.66. The lowest BCUT2D eigenvalue weighted by molar-refractivity contribution is 0.196. The normalized spacial score (nSPS) is 14.8. The maximum atomic E-state index is 9.98. The Labute approximate surface area is 109 Å². The molecule has 0 fully saturated rings. The van der Waals surface area contributed by atoms with E-state index in [1.165, 1.54) is 0 Å². The average molecular weight is 256 g/mol. The average Bonchev–Trinajstić information content (AvgIpc) is 2.74. The first-order valence-electron chi connectivity index (χ1n) is 6.47. The third-order valence-corrected chi connectivity index (χ3v) is 4.31. The molecule has 0 aliphatic carbocycles. The number of aromatic nitrogens is 2. The highest BCUT2D eigenvalue weighted by Gasteiger charge is 2.11. The number of rotatable bonds is 8. The monoisotopic (exact) mass is 256 g/mol. The second-order valence-corrected chi connectivity index (χ2v) is 5.92. The van der Waals surface area contributed by atoms with E-state index in [9.17, 15) is 5.11 Å². The molecule has 0 saturated heterocycles. The Hall–Kier alpha value is -0.480. The van der Waals surface area contributed by atoms with Crippen molar-refractivity contribution in [1.29, 1.82) is 0 Å². The molecule has 0 aliphatic rings. The van der Waals surface area contributed by atoms with Gasteiger partial charge in [0.15, 0.2) is 0 Å². The maximum Gasteiger partial charge on any atom is 0.111 e. The molecule has 17 heavy (non-hydrogen) atoms. The van der Waals surface area contributed by atoms with Gasteiger partial charge in [0.05, 0.1) is 6.10 Å². The molecule has 0 spiro atoms. The topological polar surface area (TPSA) is 38.0 Å². The third kappa shape index (κ3) is 5.13. The molecule has 2 unspecified atom stereocenters. The number of aliphatic hydroxyl groups is 1. The van der Waals surface area contributed by atoms with Crippen LogP contribution in [0.2, 0.25) is 0 Å². The highest BCUT2D eigenvalue weighted by Crippen LogP contribution is 2.16. The van der Waals surface area contributed by atoms with Crippen molar-refractivity contribution < 1.29 is 5.11 Å². The first kappa shape index (κ1) is 14.6. The fourth-order valence-corrected chi connectivity index (χ4v) is 2.54. The summed E-state index contributed by atoms with van der Waals surface area (Å²) < 4.78 is 2.14. The number of aliphatic hydroxyl groups excluding tert-OH is 1. The van der Waals surface area contributed by atoms with Gasteiger partial charge in [-0.2, -0.15) is 11.8 Å². The lowest BCUT2D eigenvalue weighted by Crippen LogP contribution is -2.18. The van der Waals surface area contributed by atoms with E-state index in [4.69, 9.17) is 0 Å². The largest absolute Gasteiger partial charge is 0.392 e. The van der Waals surface area contributed by atoms with E-state index in [0.29, 0.717) is 11.7 Å². The fraction of sp³-hybridized carbons (Fsp3) is 0.769. The summed E-state index contributed by atoms with van der Waals surface area (Å²) in [5.41, 5.74) is 0. The molecule has 1 rings (SSSR count). The number of thioether (sulfide) groups is 1. The molecule has 0 aliphatic heterocycles. The van der Waals surface area contributed by atoms with Gasteiger partial charge >= 0.3 is 0 Å². The quantitative estimate of drug-likeness (QED) is 0.777. The lowest BCUT2D eigenvalue weighted by atomic mass is 10.2. The van der Waals surface area contributed by atoms with Crippen molar-refractivity contribution in [1.82, 2.24) is 9.55 Å². The Bertz CT molecular complexity index is 314. The molecule has 4 heteroatoms. The van der Waals surface area contributed by atoms with Crippen molar-refractivity contribution in [2.24, 2.45) is 0 Å². The van der Waals surface area contributed by atoms with Crippen LogP contribution in [-0.4, -0.2) is 31.8 Å². The Morgan fingerprint density at radius 1 is 1.47 bits per heavy atom. The summed E-state index contributed by atoms with van der Waals surface area (Å²) in [6, 6.07) is 0. The molecule has 0 bridgehead atoms. The predicted octanol–water partition coefficient (Wildman–Crippen LogP) is 2.73. The van der Waals surface area contributed by atoms with E-state index in [1.54, 1.807) is 0 Å². The smallest absolute Gasteiger partial charge is 0.111 e. The third-order valence-electron chi connectivity index (χ3n) is 2.83. The van der Waals surface area contributed by atoms with Gasteiger partial charge in [-0.3, -0.25) is 0 Å². The van der Waals surface area contributed by atoms with Crippen LogP contribution in [0.4, 0.5) is 0 Å². The van der Waals surface area contributed by atoms with Gasteiger partial charge in [0.25, 0.3) is 0 Å². The SMILES string of the molecule is CCCn1ccnc1CC(O)CSC(C)CC. The maximum absolute atomic E-state index is 9.98. The molecule has 1 aromatic heterocycles. The van der Waals surface area contributed by atoms with Crippen molar-refractivity contribution in [3.8, 4) is 0 Å². The highest BCUT2D eigenvalue weighted by atomic mass is 32.2. The van der Waals surface area contributed by atoms with E-state index in [1.807, 2.05) is 24.2 Å². The van der Waals surface area contributed by atoms with Crippen LogP contribution in [-0.2, 0) is 13.0 Å². The summed E-state index contributed by atoms with van der Waals surface area (Å²) in [5, 5.41) is 10.6. The van der Waals surface area contributed by atoms with Gasteiger partial charge in [-0.1, -0.05) is 20.8 Å². The van der Waals surface area contributed by atoms with Gasteiger partial charge in [0, 0.05) is 36.4 Å². The van der Waals surface area contributed by atoms with Crippen LogP contribution < -0.4 is 0 Å². The minimum absolute atomic E-state index is 0.285. The lowest BCUT2D eigenvalue weighted by Gasteiger charge is -2.14. The van der Waals surface area contributed by atoms with Gasteiger partial charge in [0.2, 0.25) is 0 Å². The van der Waals surface area contributed by atoms with Crippen molar-refractivity contribution in [3.05, 3.63) is 18.2 Å². The number of imidazole rings is 1. The summed E-state index contributed by atoms with van der Waals surface area (Å²) in [5.74, 6) is 1.80. The van der Waals surface area contributed by atoms with Gasteiger partial charge < -0.3 is 9.67 Å². The Morgan fingerprint density at radius 3 is 2.88 bits per heavy atom.